The molecule has 0 aliphatic carbocycles. The highest BCUT2D eigenvalue weighted by Gasteiger charge is 2.52. The summed E-state index contributed by atoms with van der Waals surface area (Å²) in [7, 11) is 0. The van der Waals surface area contributed by atoms with Gasteiger partial charge in [-0.2, -0.15) is 0 Å². The molecule has 0 aromatic carbocycles. The van der Waals surface area contributed by atoms with Crippen LogP contribution in [0, 0.1) is 0 Å². The number of aliphatic hydroxyl groups is 12. The van der Waals surface area contributed by atoms with Crippen LogP contribution in [0.5, 0.6) is 0 Å². The molecule has 0 spiro atoms. The molecule has 34 heavy (non-hydrogen) atoms. The Balaban J connectivity index is 2.24. The topological polar surface area (TPSA) is 280 Å². The Morgan fingerprint density at radius 3 is 1.68 bits per heavy atom. The number of aliphatic hydroxyl groups excluding tert-OH is 12. The van der Waals surface area contributed by atoms with Gasteiger partial charge in [0, 0.05) is 0 Å². The first-order valence-electron chi connectivity index (χ1n) is 10.5. The normalized spacial score (nSPS) is 42.7. The maximum absolute atomic E-state index is 10.7. The van der Waals surface area contributed by atoms with Gasteiger partial charge in [0.2, 0.25) is 0 Å². The molecule has 0 amide bonds. The van der Waals surface area contributed by atoms with Gasteiger partial charge in [0.05, 0.1) is 26.4 Å². The van der Waals surface area contributed by atoms with Gasteiger partial charge in [-0.1, -0.05) is 0 Å². The third-order valence-electron chi connectivity index (χ3n) is 5.74. The SMILES string of the molecule is OC[C@@H](O)[C@@H](O)[C@H](O[C@@H]1O[C@H](CO)[C@@H](O)[C@H](O[C@@H]2O[C@H](CO)[C@@H](O)[C@H](O)[C@H]2O)[C@H]1O)[C@H](O)CO. The van der Waals surface area contributed by atoms with Crippen molar-refractivity contribution in [3.05, 3.63) is 0 Å². The van der Waals surface area contributed by atoms with Crippen molar-refractivity contribution in [3.63, 3.8) is 0 Å². The maximum Gasteiger partial charge on any atom is 0.187 e. The Morgan fingerprint density at radius 2 is 1.15 bits per heavy atom. The summed E-state index contributed by atoms with van der Waals surface area (Å²) in [6.45, 7) is -3.55. The third kappa shape index (κ3) is 6.37. The first kappa shape index (κ1) is 29.6. The fourth-order valence-electron chi connectivity index (χ4n) is 3.65. The second kappa shape index (κ2) is 13.1. The van der Waals surface area contributed by atoms with Crippen molar-refractivity contribution < 1.29 is 80.2 Å². The van der Waals surface area contributed by atoms with Crippen molar-refractivity contribution in [2.24, 2.45) is 0 Å². The summed E-state index contributed by atoms with van der Waals surface area (Å²) < 4.78 is 21.1. The van der Waals surface area contributed by atoms with Crippen molar-refractivity contribution in [1.29, 1.82) is 0 Å². The van der Waals surface area contributed by atoms with Crippen molar-refractivity contribution in [1.82, 2.24) is 0 Å². The minimum Gasteiger partial charge on any atom is -0.394 e. The zero-order valence-electron chi connectivity index (χ0n) is 17.9. The molecule has 2 rings (SSSR count). The minimum absolute atomic E-state index is 0.777. The van der Waals surface area contributed by atoms with E-state index in [-0.39, 0.29) is 0 Å². The lowest BCUT2D eigenvalue weighted by Gasteiger charge is -2.46. The quantitative estimate of drug-likeness (QED) is 0.124. The highest BCUT2D eigenvalue weighted by atomic mass is 16.7. The standard InChI is InChI=1S/C18H34O16/c19-1-5(23)9(25)15(6(24)2-20)33-18-14(30)16(11(27)8(4-22)32-18)34-17-13(29)12(28)10(26)7(3-21)31-17/h5-30H,1-4H2/t5-,6-,7-,8-,9-,10-,11-,12+,13-,14-,15-,16+,17+,18+/m1/s1. The summed E-state index contributed by atoms with van der Waals surface area (Å²) in [5.74, 6) is 0. The number of hydrogen-bond acceptors (Lipinski definition) is 16. The summed E-state index contributed by atoms with van der Waals surface area (Å²) in [4.78, 5) is 0. The lowest BCUT2D eigenvalue weighted by molar-refractivity contribution is -0.369. The number of hydrogen-bond donors (Lipinski definition) is 12. The van der Waals surface area contributed by atoms with E-state index in [9.17, 15) is 56.2 Å². The van der Waals surface area contributed by atoms with Crippen molar-refractivity contribution in [2.75, 3.05) is 26.4 Å². The van der Waals surface area contributed by atoms with E-state index in [0.29, 0.717) is 0 Å². The van der Waals surface area contributed by atoms with Gasteiger partial charge in [-0.25, -0.2) is 0 Å². The van der Waals surface area contributed by atoms with Crippen molar-refractivity contribution in [2.45, 2.75) is 85.8 Å². The van der Waals surface area contributed by atoms with Crippen LogP contribution in [0.25, 0.3) is 0 Å². The van der Waals surface area contributed by atoms with Crippen LogP contribution in [0.3, 0.4) is 0 Å². The summed E-state index contributed by atoms with van der Waals surface area (Å²) in [5.41, 5.74) is 0. The van der Waals surface area contributed by atoms with Gasteiger partial charge >= 0.3 is 0 Å². The maximum atomic E-state index is 10.7. The fraction of sp³-hybridized carbons (Fsp3) is 1.00. The smallest absolute Gasteiger partial charge is 0.187 e. The van der Waals surface area contributed by atoms with Crippen LogP contribution in [-0.2, 0) is 18.9 Å². The van der Waals surface area contributed by atoms with Crippen LogP contribution in [0.15, 0.2) is 0 Å². The van der Waals surface area contributed by atoms with E-state index in [1.54, 1.807) is 0 Å². The third-order valence-corrected chi connectivity index (χ3v) is 5.74. The van der Waals surface area contributed by atoms with E-state index in [4.69, 9.17) is 24.1 Å². The van der Waals surface area contributed by atoms with Gasteiger partial charge in [0.1, 0.15) is 73.2 Å². The highest BCUT2D eigenvalue weighted by Crippen LogP contribution is 2.30. The predicted molar refractivity (Wildman–Crippen MR) is 103 cm³/mol. The molecule has 0 saturated carbocycles. The zero-order chi connectivity index (χ0) is 25.7. The van der Waals surface area contributed by atoms with E-state index >= 15 is 0 Å². The van der Waals surface area contributed by atoms with Gasteiger partial charge in [-0.05, 0) is 0 Å². The minimum atomic E-state index is -1.98. The van der Waals surface area contributed by atoms with Crippen LogP contribution < -0.4 is 0 Å². The van der Waals surface area contributed by atoms with E-state index in [2.05, 4.69) is 0 Å². The molecule has 16 heteroatoms. The lowest BCUT2D eigenvalue weighted by Crippen LogP contribution is -2.65. The molecule has 2 heterocycles. The number of rotatable bonds is 11. The Morgan fingerprint density at radius 1 is 0.618 bits per heavy atom. The van der Waals surface area contributed by atoms with Gasteiger partial charge < -0.3 is 80.2 Å². The monoisotopic (exact) mass is 506 g/mol. The second-order valence-electron chi connectivity index (χ2n) is 8.10. The molecule has 14 atom stereocenters. The Kier molecular flexibility index (Phi) is 11.4. The molecule has 0 bridgehead atoms. The summed E-state index contributed by atoms with van der Waals surface area (Å²) in [5, 5.41) is 118. The largest absolute Gasteiger partial charge is 0.394 e. The molecular weight excluding hydrogens is 472 g/mol. The Bertz CT molecular complexity index is 596. The van der Waals surface area contributed by atoms with Gasteiger partial charge in [-0.3, -0.25) is 0 Å². The Labute approximate surface area is 193 Å². The van der Waals surface area contributed by atoms with Crippen LogP contribution in [0.1, 0.15) is 0 Å². The van der Waals surface area contributed by atoms with Gasteiger partial charge in [-0.15, -0.1) is 0 Å². The summed E-state index contributed by atoms with van der Waals surface area (Å²) >= 11 is 0. The summed E-state index contributed by atoms with van der Waals surface area (Å²) in [6, 6.07) is 0. The van der Waals surface area contributed by atoms with Gasteiger partial charge in [0.15, 0.2) is 12.6 Å². The predicted octanol–water partition coefficient (Wildman–Crippen LogP) is -7.94. The average molecular weight is 506 g/mol. The molecular formula is C18H34O16. The lowest BCUT2D eigenvalue weighted by atomic mass is 9.96. The molecule has 0 radical (unpaired) electrons. The fourth-order valence-corrected chi connectivity index (χ4v) is 3.65. The van der Waals surface area contributed by atoms with Crippen molar-refractivity contribution >= 4 is 0 Å². The number of ether oxygens (including phenoxy) is 4. The van der Waals surface area contributed by atoms with Crippen LogP contribution in [-0.4, -0.2) is 174 Å². The molecule has 0 aromatic rings. The van der Waals surface area contributed by atoms with E-state index in [0.717, 1.165) is 0 Å². The summed E-state index contributed by atoms with van der Waals surface area (Å²) in [6.07, 6.45) is -24.9. The average Bonchev–Trinajstić information content (AvgIpc) is 2.84. The molecule has 2 aliphatic heterocycles. The molecule has 16 nitrogen and oxygen atoms in total. The molecule has 2 saturated heterocycles. The van der Waals surface area contributed by atoms with Crippen LogP contribution >= 0.6 is 0 Å². The highest BCUT2D eigenvalue weighted by molar-refractivity contribution is 4.95. The molecule has 2 fully saturated rings. The van der Waals surface area contributed by atoms with Gasteiger partial charge in [0.25, 0.3) is 0 Å². The van der Waals surface area contributed by atoms with E-state index < -0.39 is 112 Å². The van der Waals surface area contributed by atoms with Crippen LogP contribution in [0.4, 0.5) is 0 Å². The van der Waals surface area contributed by atoms with E-state index in [1.807, 2.05) is 0 Å². The zero-order valence-corrected chi connectivity index (χ0v) is 17.9. The molecule has 2 aliphatic rings. The first-order valence-corrected chi connectivity index (χ1v) is 10.5. The first-order chi connectivity index (χ1) is 16.0. The van der Waals surface area contributed by atoms with Crippen LogP contribution in [0.2, 0.25) is 0 Å². The second-order valence-corrected chi connectivity index (χ2v) is 8.10. The molecule has 0 unspecified atom stereocenters. The van der Waals surface area contributed by atoms with E-state index in [1.165, 1.54) is 0 Å². The van der Waals surface area contributed by atoms with Crippen molar-refractivity contribution in [3.8, 4) is 0 Å². The molecule has 202 valence electrons. The molecule has 0 aromatic heterocycles. The molecule has 12 N–H and O–H groups in total. The Hall–Kier alpha value is -0.640.